The molecule has 1 aliphatic rings. The summed E-state index contributed by atoms with van der Waals surface area (Å²) in [6, 6.07) is 9.50. The number of fused-ring (bicyclic) bond motifs is 2. The summed E-state index contributed by atoms with van der Waals surface area (Å²) in [5.41, 5.74) is 2.63. The number of ether oxygens (including phenoxy) is 2. The summed E-state index contributed by atoms with van der Waals surface area (Å²) >= 11 is 6.19. The molecule has 0 saturated heterocycles. The molecule has 6 nitrogen and oxygen atoms in total. The standard InChI is InChI=1S/C20H20ClN3O3/c1-12(2)23-20(25)8-15(13-3-5-17-18(7-13)27-11-26-17)16-9-22-19-6-4-14(21)10-24(16)19/h3-7,9-10,12,15H,8,11H2,1-2H3,(H,23,25). The van der Waals surface area contributed by atoms with Crippen LogP contribution in [0, 0.1) is 0 Å². The van der Waals surface area contributed by atoms with Crippen molar-refractivity contribution in [2.75, 3.05) is 6.79 Å². The van der Waals surface area contributed by atoms with Crippen LogP contribution in [0.25, 0.3) is 5.65 Å². The third-order valence-corrected chi connectivity index (χ3v) is 4.72. The minimum absolute atomic E-state index is 0.0235. The first-order chi connectivity index (χ1) is 13.0. The molecule has 0 fully saturated rings. The number of hydrogen-bond donors (Lipinski definition) is 1. The van der Waals surface area contributed by atoms with Crippen molar-refractivity contribution in [3.8, 4) is 11.5 Å². The van der Waals surface area contributed by atoms with Crippen molar-refractivity contribution in [1.29, 1.82) is 0 Å². The lowest BCUT2D eigenvalue weighted by Crippen LogP contribution is -2.31. The number of halogens is 1. The van der Waals surface area contributed by atoms with Gasteiger partial charge in [-0.15, -0.1) is 0 Å². The first-order valence-electron chi connectivity index (χ1n) is 8.82. The molecule has 0 bridgehead atoms. The van der Waals surface area contributed by atoms with E-state index in [1.165, 1.54) is 0 Å². The number of nitrogens with zero attached hydrogens (tertiary/aromatic N) is 2. The molecule has 1 unspecified atom stereocenters. The molecule has 4 rings (SSSR count). The maximum atomic E-state index is 12.5. The summed E-state index contributed by atoms with van der Waals surface area (Å²) in [5.74, 6) is 1.18. The Hall–Kier alpha value is -2.73. The summed E-state index contributed by atoms with van der Waals surface area (Å²) in [5, 5.41) is 3.58. The van der Waals surface area contributed by atoms with E-state index in [0.29, 0.717) is 16.5 Å². The Morgan fingerprint density at radius 1 is 1.26 bits per heavy atom. The van der Waals surface area contributed by atoms with E-state index < -0.39 is 0 Å². The molecule has 7 heteroatoms. The Morgan fingerprint density at radius 2 is 2.07 bits per heavy atom. The third kappa shape index (κ3) is 3.57. The molecule has 0 spiro atoms. The van der Waals surface area contributed by atoms with Gasteiger partial charge in [-0.05, 0) is 43.7 Å². The molecule has 0 radical (unpaired) electrons. The van der Waals surface area contributed by atoms with Crippen LogP contribution in [-0.2, 0) is 4.79 Å². The van der Waals surface area contributed by atoms with E-state index in [4.69, 9.17) is 21.1 Å². The van der Waals surface area contributed by atoms with Crippen LogP contribution in [0.15, 0.2) is 42.7 Å². The van der Waals surface area contributed by atoms with Gasteiger partial charge in [0.2, 0.25) is 12.7 Å². The van der Waals surface area contributed by atoms with Crippen molar-refractivity contribution in [3.05, 3.63) is 59.0 Å². The van der Waals surface area contributed by atoms with Crippen LogP contribution in [0.4, 0.5) is 0 Å². The highest BCUT2D eigenvalue weighted by Gasteiger charge is 2.25. The molecule has 2 aromatic heterocycles. The largest absolute Gasteiger partial charge is 0.454 e. The molecule has 3 aromatic rings. The second-order valence-corrected chi connectivity index (χ2v) is 7.29. The van der Waals surface area contributed by atoms with Gasteiger partial charge in [0, 0.05) is 30.8 Å². The molecule has 1 amide bonds. The van der Waals surface area contributed by atoms with Crippen LogP contribution in [0.2, 0.25) is 5.02 Å². The van der Waals surface area contributed by atoms with Gasteiger partial charge in [-0.1, -0.05) is 17.7 Å². The summed E-state index contributed by atoms with van der Waals surface area (Å²) in [4.78, 5) is 17.0. The summed E-state index contributed by atoms with van der Waals surface area (Å²) in [7, 11) is 0. The summed E-state index contributed by atoms with van der Waals surface area (Å²) < 4.78 is 12.9. The minimum atomic E-state index is -0.202. The lowest BCUT2D eigenvalue weighted by atomic mass is 9.92. The second kappa shape index (κ2) is 7.12. The number of amides is 1. The normalized spacial score (nSPS) is 13.9. The van der Waals surface area contributed by atoms with Crippen molar-refractivity contribution in [1.82, 2.24) is 14.7 Å². The monoisotopic (exact) mass is 385 g/mol. The molecule has 0 saturated carbocycles. The van der Waals surface area contributed by atoms with Gasteiger partial charge in [-0.2, -0.15) is 0 Å². The predicted octanol–water partition coefficient (Wildman–Crippen LogP) is 3.76. The fraction of sp³-hybridized carbons (Fsp3) is 0.300. The van der Waals surface area contributed by atoms with E-state index in [1.807, 2.05) is 48.7 Å². The number of benzene rings is 1. The van der Waals surface area contributed by atoms with Crippen LogP contribution < -0.4 is 14.8 Å². The van der Waals surface area contributed by atoms with Crippen molar-refractivity contribution in [2.45, 2.75) is 32.2 Å². The van der Waals surface area contributed by atoms with Gasteiger partial charge < -0.3 is 19.2 Å². The molecule has 0 aliphatic carbocycles. The molecule has 1 N–H and O–H groups in total. The predicted molar refractivity (Wildman–Crippen MR) is 103 cm³/mol. The van der Waals surface area contributed by atoms with Crippen LogP contribution in [-0.4, -0.2) is 28.1 Å². The number of imidazole rings is 1. The number of rotatable bonds is 5. The highest BCUT2D eigenvalue weighted by Crippen LogP contribution is 2.37. The summed E-state index contributed by atoms with van der Waals surface area (Å²) in [6.07, 6.45) is 3.90. The zero-order valence-electron chi connectivity index (χ0n) is 15.1. The molecule has 27 heavy (non-hydrogen) atoms. The van der Waals surface area contributed by atoms with E-state index in [2.05, 4.69) is 10.3 Å². The Balaban J connectivity index is 1.77. The zero-order chi connectivity index (χ0) is 19.0. The van der Waals surface area contributed by atoms with Crippen LogP contribution in [0.3, 0.4) is 0 Å². The van der Waals surface area contributed by atoms with E-state index in [-0.39, 0.29) is 31.1 Å². The highest BCUT2D eigenvalue weighted by molar-refractivity contribution is 6.30. The van der Waals surface area contributed by atoms with Crippen LogP contribution in [0.1, 0.15) is 37.4 Å². The lowest BCUT2D eigenvalue weighted by Gasteiger charge is -2.19. The molecular formula is C20H20ClN3O3. The van der Waals surface area contributed by atoms with Gasteiger partial charge in [-0.3, -0.25) is 4.79 Å². The zero-order valence-corrected chi connectivity index (χ0v) is 15.9. The smallest absolute Gasteiger partial charge is 0.231 e. The molecular weight excluding hydrogens is 366 g/mol. The number of carbonyl (C=O) groups excluding carboxylic acids is 1. The van der Waals surface area contributed by atoms with Crippen LogP contribution in [0.5, 0.6) is 11.5 Å². The van der Waals surface area contributed by atoms with Crippen molar-refractivity contribution in [2.24, 2.45) is 0 Å². The Labute approximate surface area is 162 Å². The van der Waals surface area contributed by atoms with E-state index in [0.717, 1.165) is 16.9 Å². The average molecular weight is 386 g/mol. The minimum Gasteiger partial charge on any atom is -0.454 e. The highest BCUT2D eigenvalue weighted by atomic mass is 35.5. The first kappa shape index (κ1) is 17.7. The van der Waals surface area contributed by atoms with Gasteiger partial charge in [0.05, 0.1) is 10.7 Å². The topological polar surface area (TPSA) is 64.9 Å². The first-order valence-corrected chi connectivity index (χ1v) is 9.20. The number of nitrogens with one attached hydrogen (secondary N) is 1. The quantitative estimate of drug-likeness (QED) is 0.726. The Bertz CT molecular complexity index is 999. The number of aromatic nitrogens is 2. The fourth-order valence-electron chi connectivity index (χ4n) is 3.32. The molecule has 1 aromatic carbocycles. The Kier molecular flexibility index (Phi) is 4.66. The lowest BCUT2D eigenvalue weighted by molar-refractivity contribution is -0.121. The fourth-order valence-corrected chi connectivity index (χ4v) is 3.48. The maximum absolute atomic E-state index is 12.5. The molecule has 3 heterocycles. The van der Waals surface area contributed by atoms with Crippen molar-refractivity contribution >= 4 is 23.2 Å². The van der Waals surface area contributed by atoms with Gasteiger partial charge in [0.1, 0.15) is 5.65 Å². The van der Waals surface area contributed by atoms with Gasteiger partial charge in [-0.25, -0.2) is 4.98 Å². The van der Waals surface area contributed by atoms with Gasteiger partial charge in [0.25, 0.3) is 0 Å². The van der Waals surface area contributed by atoms with Gasteiger partial charge in [0.15, 0.2) is 11.5 Å². The maximum Gasteiger partial charge on any atom is 0.231 e. The van der Waals surface area contributed by atoms with Crippen LogP contribution >= 0.6 is 11.6 Å². The number of hydrogen-bond acceptors (Lipinski definition) is 4. The molecule has 1 atom stereocenters. The van der Waals surface area contributed by atoms with E-state index in [9.17, 15) is 4.79 Å². The van der Waals surface area contributed by atoms with Crippen molar-refractivity contribution < 1.29 is 14.3 Å². The molecule has 1 aliphatic heterocycles. The van der Waals surface area contributed by atoms with E-state index >= 15 is 0 Å². The van der Waals surface area contributed by atoms with E-state index in [1.54, 1.807) is 12.3 Å². The second-order valence-electron chi connectivity index (χ2n) is 6.85. The summed E-state index contributed by atoms with van der Waals surface area (Å²) in [6.45, 7) is 4.10. The number of carbonyl (C=O) groups is 1. The SMILES string of the molecule is CC(C)NC(=O)CC(c1ccc2c(c1)OCO2)c1cnc2ccc(Cl)cn12. The molecule has 140 valence electrons. The number of pyridine rings is 1. The average Bonchev–Trinajstić information content (AvgIpc) is 3.24. The third-order valence-electron chi connectivity index (χ3n) is 4.49. The van der Waals surface area contributed by atoms with Gasteiger partial charge >= 0.3 is 0 Å². The van der Waals surface area contributed by atoms with Crippen molar-refractivity contribution in [3.63, 3.8) is 0 Å². The Morgan fingerprint density at radius 3 is 2.89 bits per heavy atom.